The highest BCUT2D eigenvalue weighted by atomic mass is 16.5. The van der Waals surface area contributed by atoms with Crippen molar-refractivity contribution in [1.29, 1.82) is 0 Å². The molecule has 0 aliphatic rings. The smallest absolute Gasteiger partial charge is 0.338 e. The molecule has 0 aliphatic heterocycles. The predicted molar refractivity (Wildman–Crippen MR) is 65.3 cm³/mol. The van der Waals surface area contributed by atoms with Crippen LogP contribution in [-0.2, 0) is 4.74 Å². The average Bonchev–Trinajstić information content (AvgIpc) is 2.29. The third-order valence-electron chi connectivity index (χ3n) is 2.42. The van der Waals surface area contributed by atoms with E-state index in [-0.39, 0.29) is 5.97 Å². The Morgan fingerprint density at radius 1 is 1.19 bits per heavy atom. The lowest BCUT2D eigenvalue weighted by atomic mass is 10.1. The molecular formula is C14H19O2. The van der Waals surface area contributed by atoms with Crippen molar-refractivity contribution in [3.8, 4) is 0 Å². The molecular weight excluding hydrogens is 200 g/mol. The van der Waals surface area contributed by atoms with E-state index >= 15 is 0 Å². The van der Waals surface area contributed by atoms with Crippen LogP contribution in [0.4, 0.5) is 0 Å². The normalized spacial score (nSPS) is 10.1. The molecule has 1 radical (unpaired) electrons. The minimum Gasteiger partial charge on any atom is -0.462 e. The summed E-state index contributed by atoms with van der Waals surface area (Å²) in [7, 11) is 0. The molecule has 1 rings (SSSR count). The summed E-state index contributed by atoms with van der Waals surface area (Å²) in [4.78, 5) is 11.5. The Bertz CT molecular complexity index is 314. The van der Waals surface area contributed by atoms with E-state index in [1.807, 2.05) is 12.1 Å². The van der Waals surface area contributed by atoms with Gasteiger partial charge in [-0.25, -0.2) is 4.79 Å². The lowest BCUT2D eigenvalue weighted by Gasteiger charge is -2.04. The second-order valence-corrected chi connectivity index (χ2v) is 3.89. The van der Waals surface area contributed by atoms with Crippen LogP contribution in [0.3, 0.4) is 0 Å². The van der Waals surface area contributed by atoms with Crippen molar-refractivity contribution in [3.05, 3.63) is 42.3 Å². The summed E-state index contributed by atoms with van der Waals surface area (Å²) in [6, 6.07) is 7.12. The molecule has 0 aliphatic carbocycles. The van der Waals surface area contributed by atoms with Crippen molar-refractivity contribution in [2.45, 2.75) is 32.6 Å². The Morgan fingerprint density at radius 2 is 1.88 bits per heavy atom. The first-order chi connectivity index (χ1) is 7.74. The van der Waals surface area contributed by atoms with Crippen molar-refractivity contribution in [2.75, 3.05) is 6.61 Å². The van der Waals surface area contributed by atoms with Crippen LogP contribution in [-0.4, -0.2) is 12.6 Å². The van der Waals surface area contributed by atoms with E-state index in [0.29, 0.717) is 12.2 Å². The number of rotatable bonds is 6. The highest BCUT2D eigenvalue weighted by Crippen LogP contribution is 2.06. The van der Waals surface area contributed by atoms with E-state index < -0.39 is 0 Å². The van der Waals surface area contributed by atoms with Gasteiger partial charge in [0.05, 0.1) is 12.2 Å². The van der Waals surface area contributed by atoms with Gasteiger partial charge in [0.15, 0.2) is 0 Å². The van der Waals surface area contributed by atoms with E-state index in [2.05, 4.69) is 13.8 Å². The van der Waals surface area contributed by atoms with Crippen molar-refractivity contribution in [2.24, 2.45) is 0 Å². The maximum absolute atomic E-state index is 11.5. The highest BCUT2D eigenvalue weighted by molar-refractivity contribution is 5.89. The van der Waals surface area contributed by atoms with Gasteiger partial charge >= 0.3 is 5.97 Å². The van der Waals surface area contributed by atoms with E-state index in [4.69, 9.17) is 4.74 Å². The van der Waals surface area contributed by atoms with Gasteiger partial charge in [-0.05, 0) is 31.0 Å². The number of hydrogen-bond acceptors (Lipinski definition) is 2. The van der Waals surface area contributed by atoms with Gasteiger partial charge < -0.3 is 4.74 Å². The zero-order valence-electron chi connectivity index (χ0n) is 9.87. The van der Waals surface area contributed by atoms with Gasteiger partial charge in [-0.2, -0.15) is 0 Å². The maximum Gasteiger partial charge on any atom is 0.338 e. The van der Waals surface area contributed by atoms with E-state index in [9.17, 15) is 4.79 Å². The summed E-state index contributed by atoms with van der Waals surface area (Å²) in [5, 5.41) is 0. The molecule has 0 aromatic heterocycles. The summed E-state index contributed by atoms with van der Waals surface area (Å²) in [6.07, 6.45) is 4.47. The number of carbonyl (C=O) groups is 1. The lowest BCUT2D eigenvalue weighted by molar-refractivity contribution is 0.0498. The summed E-state index contributed by atoms with van der Waals surface area (Å²) in [5.41, 5.74) is 1.50. The minimum absolute atomic E-state index is 0.239. The lowest BCUT2D eigenvalue weighted by Crippen LogP contribution is -2.06. The first-order valence-corrected chi connectivity index (χ1v) is 5.83. The topological polar surface area (TPSA) is 26.3 Å². The van der Waals surface area contributed by atoms with Crippen molar-refractivity contribution in [3.63, 3.8) is 0 Å². The average molecular weight is 219 g/mol. The van der Waals surface area contributed by atoms with Gasteiger partial charge in [-0.3, -0.25) is 0 Å². The summed E-state index contributed by atoms with van der Waals surface area (Å²) in [6.45, 7) is 6.44. The third kappa shape index (κ3) is 4.47. The van der Waals surface area contributed by atoms with E-state index in [0.717, 1.165) is 18.4 Å². The molecule has 0 bridgehead atoms. The monoisotopic (exact) mass is 219 g/mol. The molecule has 1 aromatic carbocycles. The fourth-order valence-corrected chi connectivity index (χ4v) is 1.42. The fourth-order valence-electron chi connectivity index (χ4n) is 1.42. The molecule has 0 unspecified atom stereocenters. The van der Waals surface area contributed by atoms with Crippen molar-refractivity contribution >= 4 is 5.97 Å². The number of unbranched alkanes of at least 4 members (excludes halogenated alkanes) is 3. The SMILES string of the molecule is [CH2]c1ccc(C(=O)OCCCCCC)cc1. The maximum atomic E-state index is 11.5. The second kappa shape index (κ2) is 7.04. The Balaban J connectivity index is 2.27. The Hall–Kier alpha value is -1.31. The van der Waals surface area contributed by atoms with Crippen LogP contribution in [0.1, 0.15) is 48.5 Å². The molecule has 16 heavy (non-hydrogen) atoms. The molecule has 2 nitrogen and oxygen atoms in total. The number of benzene rings is 1. The largest absolute Gasteiger partial charge is 0.462 e. The predicted octanol–water partition coefficient (Wildman–Crippen LogP) is 3.61. The van der Waals surface area contributed by atoms with E-state index in [1.165, 1.54) is 12.8 Å². The van der Waals surface area contributed by atoms with Crippen LogP contribution < -0.4 is 0 Å². The van der Waals surface area contributed by atoms with Crippen molar-refractivity contribution in [1.82, 2.24) is 0 Å². The van der Waals surface area contributed by atoms with Gasteiger partial charge in [0.25, 0.3) is 0 Å². The van der Waals surface area contributed by atoms with Gasteiger partial charge in [-0.1, -0.05) is 38.3 Å². The van der Waals surface area contributed by atoms with Gasteiger partial charge in [0.1, 0.15) is 0 Å². The molecule has 0 N–H and O–H groups in total. The standard InChI is InChI=1S/C14H19O2/c1-3-4-5-6-11-16-14(15)13-9-7-12(2)8-10-13/h7-10H,2-6,11H2,1H3. The number of ether oxygens (including phenoxy) is 1. The number of hydrogen-bond donors (Lipinski definition) is 0. The Labute approximate surface area is 97.6 Å². The highest BCUT2D eigenvalue weighted by Gasteiger charge is 2.05. The Kier molecular flexibility index (Phi) is 5.62. The van der Waals surface area contributed by atoms with Crippen molar-refractivity contribution < 1.29 is 9.53 Å². The summed E-state index contributed by atoms with van der Waals surface area (Å²) in [5.74, 6) is -0.239. The van der Waals surface area contributed by atoms with Gasteiger partial charge in [-0.15, -0.1) is 0 Å². The van der Waals surface area contributed by atoms with Crippen LogP contribution in [0.25, 0.3) is 0 Å². The molecule has 2 heteroatoms. The number of carbonyl (C=O) groups excluding carboxylic acids is 1. The fraction of sp³-hybridized carbons (Fsp3) is 0.429. The van der Waals surface area contributed by atoms with E-state index in [1.54, 1.807) is 12.1 Å². The molecule has 0 fully saturated rings. The molecule has 0 amide bonds. The zero-order chi connectivity index (χ0) is 11.8. The van der Waals surface area contributed by atoms with Crippen LogP contribution in [0, 0.1) is 6.92 Å². The molecule has 0 atom stereocenters. The first kappa shape index (κ1) is 12.8. The molecule has 1 aromatic rings. The summed E-state index contributed by atoms with van der Waals surface area (Å²) >= 11 is 0. The second-order valence-electron chi connectivity index (χ2n) is 3.89. The first-order valence-electron chi connectivity index (χ1n) is 5.83. The summed E-state index contributed by atoms with van der Waals surface area (Å²) < 4.78 is 5.16. The molecule has 0 heterocycles. The third-order valence-corrected chi connectivity index (χ3v) is 2.42. The zero-order valence-corrected chi connectivity index (χ0v) is 9.87. The Morgan fingerprint density at radius 3 is 2.50 bits per heavy atom. The van der Waals surface area contributed by atoms with Crippen LogP contribution in [0.5, 0.6) is 0 Å². The number of esters is 1. The van der Waals surface area contributed by atoms with Crippen LogP contribution >= 0.6 is 0 Å². The molecule has 87 valence electrons. The van der Waals surface area contributed by atoms with Crippen LogP contribution in [0.2, 0.25) is 0 Å². The molecule has 0 saturated heterocycles. The quantitative estimate of drug-likeness (QED) is 0.539. The molecule has 0 spiro atoms. The van der Waals surface area contributed by atoms with Gasteiger partial charge in [0, 0.05) is 0 Å². The minimum atomic E-state index is -0.239. The van der Waals surface area contributed by atoms with Gasteiger partial charge in [0.2, 0.25) is 0 Å². The van der Waals surface area contributed by atoms with Crippen LogP contribution in [0.15, 0.2) is 24.3 Å². The molecule has 0 saturated carbocycles.